The number of rotatable bonds is 6. The maximum atomic E-state index is 12.1. The van der Waals surface area contributed by atoms with Crippen molar-refractivity contribution < 1.29 is 14.3 Å². The van der Waals surface area contributed by atoms with Gasteiger partial charge in [0.15, 0.2) is 0 Å². The second-order valence-electron chi connectivity index (χ2n) is 6.08. The summed E-state index contributed by atoms with van der Waals surface area (Å²) in [5, 5.41) is 0. The number of hydrogen-bond acceptors (Lipinski definition) is 5. The second kappa shape index (κ2) is 9.70. The van der Waals surface area contributed by atoms with Crippen LogP contribution in [0.5, 0.6) is 0 Å². The summed E-state index contributed by atoms with van der Waals surface area (Å²) < 4.78 is 10.7. The molecule has 2 aliphatic rings. The van der Waals surface area contributed by atoms with Crippen LogP contribution < -0.4 is 0 Å². The molecule has 6 heteroatoms. The Morgan fingerprint density at radius 1 is 1.04 bits per heavy atom. The van der Waals surface area contributed by atoms with Gasteiger partial charge in [-0.25, -0.2) is 0 Å². The van der Waals surface area contributed by atoms with Gasteiger partial charge in [-0.05, 0) is 12.3 Å². The Bertz CT molecular complexity index is 411. The summed E-state index contributed by atoms with van der Waals surface area (Å²) in [6.45, 7) is 6.70. The lowest BCUT2D eigenvalue weighted by atomic mass is 10.1. The minimum absolute atomic E-state index is 0.128. The van der Waals surface area contributed by atoms with E-state index < -0.39 is 0 Å². The molecule has 0 aromatic rings. The van der Waals surface area contributed by atoms with Crippen LogP contribution in [0.3, 0.4) is 0 Å². The zero-order valence-electron chi connectivity index (χ0n) is 14.3. The van der Waals surface area contributed by atoms with E-state index in [1.165, 1.54) is 0 Å². The Morgan fingerprint density at radius 3 is 2.26 bits per heavy atom. The molecule has 1 amide bonds. The summed E-state index contributed by atoms with van der Waals surface area (Å²) in [6, 6.07) is 0.128. The highest BCUT2D eigenvalue weighted by Crippen LogP contribution is 2.11. The zero-order valence-corrected chi connectivity index (χ0v) is 14.3. The molecule has 0 saturated carbocycles. The van der Waals surface area contributed by atoms with E-state index in [2.05, 4.69) is 34.2 Å². The van der Waals surface area contributed by atoms with Crippen LogP contribution >= 0.6 is 0 Å². The quantitative estimate of drug-likeness (QED) is 0.669. The van der Waals surface area contributed by atoms with Crippen molar-refractivity contribution in [1.82, 2.24) is 14.7 Å². The van der Waals surface area contributed by atoms with Crippen molar-refractivity contribution in [1.29, 1.82) is 0 Å². The molecule has 1 unspecified atom stereocenters. The van der Waals surface area contributed by atoms with E-state index in [4.69, 9.17) is 9.47 Å². The Labute approximate surface area is 139 Å². The van der Waals surface area contributed by atoms with Gasteiger partial charge in [0.25, 0.3) is 0 Å². The lowest BCUT2D eigenvalue weighted by molar-refractivity contribution is -0.130. The normalized spacial score (nSPS) is 21.9. The molecule has 0 aliphatic carbocycles. The summed E-state index contributed by atoms with van der Waals surface area (Å²) >= 11 is 0. The lowest BCUT2D eigenvalue weighted by Gasteiger charge is -2.33. The first-order valence-electron chi connectivity index (χ1n) is 8.35. The van der Waals surface area contributed by atoms with E-state index in [1.807, 2.05) is 0 Å². The summed E-state index contributed by atoms with van der Waals surface area (Å²) in [4.78, 5) is 18.3. The molecule has 2 rings (SSSR count). The monoisotopic (exact) mass is 323 g/mol. The van der Waals surface area contributed by atoms with Crippen molar-refractivity contribution in [2.45, 2.75) is 12.5 Å². The van der Waals surface area contributed by atoms with E-state index in [9.17, 15) is 4.79 Å². The van der Waals surface area contributed by atoms with Gasteiger partial charge < -0.3 is 19.3 Å². The molecule has 0 N–H and O–H groups in total. The Balaban J connectivity index is 1.90. The van der Waals surface area contributed by atoms with Crippen molar-refractivity contribution in [3.63, 3.8) is 0 Å². The molecule has 1 atom stereocenters. The van der Waals surface area contributed by atoms with Crippen LogP contribution in [-0.2, 0) is 14.3 Å². The van der Waals surface area contributed by atoms with Crippen molar-refractivity contribution in [2.75, 3.05) is 66.7 Å². The third-order valence-corrected chi connectivity index (χ3v) is 4.18. The molecule has 0 aromatic heterocycles. The molecular formula is C17H29N3O3. The molecule has 2 heterocycles. The van der Waals surface area contributed by atoms with Gasteiger partial charge in [-0.15, -0.1) is 0 Å². The second-order valence-corrected chi connectivity index (χ2v) is 6.08. The SMILES string of the molecule is CN(C)C(=O)CC(/C=C/C=C/N1CCOCC1)N1CCOCC1. The topological polar surface area (TPSA) is 45.2 Å². The molecule has 6 nitrogen and oxygen atoms in total. The van der Waals surface area contributed by atoms with Crippen molar-refractivity contribution in [3.05, 3.63) is 24.4 Å². The molecule has 0 bridgehead atoms. The average molecular weight is 323 g/mol. The van der Waals surface area contributed by atoms with Gasteiger partial charge in [0.2, 0.25) is 5.91 Å². The number of allylic oxidation sites excluding steroid dienone is 2. The van der Waals surface area contributed by atoms with Crippen LogP contribution in [0.2, 0.25) is 0 Å². The largest absolute Gasteiger partial charge is 0.379 e. The van der Waals surface area contributed by atoms with Gasteiger partial charge in [0.1, 0.15) is 0 Å². The van der Waals surface area contributed by atoms with Crippen molar-refractivity contribution in [2.24, 2.45) is 0 Å². The van der Waals surface area contributed by atoms with Crippen LogP contribution in [0.15, 0.2) is 24.4 Å². The minimum atomic E-state index is 0.128. The lowest BCUT2D eigenvalue weighted by Crippen LogP contribution is -2.44. The van der Waals surface area contributed by atoms with Gasteiger partial charge in [-0.3, -0.25) is 9.69 Å². The van der Waals surface area contributed by atoms with E-state index in [-0.39, 0.29) is 11.9 Å². The summed E-state index contributed by atoms with van der Waals surface area (Å²) in [6.07, 6.45) is 8.85. The third kappa shape index (κ3) is 6.33. The molecular weight excluding hydrogens is 294 g/mol. The number of hydrogen-bond donors (Lipinski definition) is 0. The molecule has 2 fully saturated rings. The van der Waals surface area contributed by atoms with Crippen LogP contribution in [0.1, 0.15) is 6.42 Å². The predicted octanol–water partition coefficient (Wildman–Crippen LogP) is 0.568. The standard InChI is InChI=1S/C17H29N3O3/c1-18(2)17(21)15-16(20-9-13-23-14-10-20)5-3-4-6-19-7-11-22-12-8-19/h3-6,16H,7-15H2,1-2H3/b5-3+,6-4+. The van der Waals surface area contributed by atoms with Crippen LogP contribution in [0.4, 0.5) is 0 Å². The minimum Gasteiger partial charge on any atom is -0.379 e. The van der Waals surface area contributed by atoms with Crippen molar-refractivity contribution in [3.8, 4) is 0 Å². The van der Waals surface area contributed by atoms with Gasteiger partial charge >= 0.3 is 0 Å². The summed E-state index contributed by atoms with van der Waals surface area (Å²) in [5.74, 6) is 0.156. The summed E-state index contributed by atoms with van der Waals surface area (Å²) in [7, 11) is 3.61. The smallest absolute Gasteiger partial charge is 0.223 e. The first-order valence-corrected chi connectivity index (χ1v) is 8.35. The highest BCUT2D eigenvalue weighted by atomic mass is 16.5. The summed E-state index contributed by atoms with van der Waals surface area (Å²) in [5.41, 5.74) is 0. The van der Waals surface area contributed by atoms with Crippen molar-refractivity contribution >= 4 is 5.91 Å². The number of morpholine rings is 2. The fourth-order valence-electron chi connectivity index (χ4n) is 2.68. The molecule has 0 aromatic carbocycles. The first kappa shape index (κ1) is 18.0. The van der Waals surface area contributed by atoms with Gasteiger partial charge in [0, 0.05) is 52.7 Å². The molecule has 130 valence electrons. The van der Waals surface area contributed by atoms with E-state index in [0.717, 1.165) is 52.6 Å². The van der Waals surface area contributed by atoms with E-state index in [0.29, 0.717) is 6.42 Å². The van der Waals surface area contributed by atoms with E-state index in [1.54, 1.807) is 19.0 Å². The van der Waals surface area contributed by atoms with Crippen LogP contribution in [0.25, 0.3) is 0 Å². The third-order valence-electron chi connectivity index (χ3n) is 4.18. The van der Waals surface area contributed by atoms with Crippen LogP contribution in [0, 0.1) is 0 Å². The molecule has 23 heavy (non-hydrogen) atoms. The zero-order chi connectivity index (χ0) is 16.5. The van der Waals surface area contributed by atoms with E-state index >= 15 is 0 Å². The number of ether oxygens (including phenoxy) is 2. The number of nitrogens with zero attached hydrogens (tertiary/aromatic N) is 3. The molecule has 2 saturated heterocycles. The average Bonchev–Trinajstić information content (AvgIpc) is 2.59. The molecule has 0 radical (unpaired) electrons. The molecule has 2 aliphatic heterocycles. The van der Waals surface area contributed by atoms with Crippen LogP contribution in [-0.4, -0.2) is 93.4 Å². The Kier molecular flexibility index (Phi) is 7.58. The Morgan fingerprint density at radius 2 is 1.65 bits per heavy atom. The Hall–Kier alpha value is -1.37. The number of amides is 1. The van der Waals surface area contributed by atoms with Gasteiger partial charge in [0.05, 0.1) is 26.4 Å². The highest BCUT2D eigenvalue weighted by Gasteiger charge is 2.21. The maximum Gasteiger partial charge on any atom is 0.223 e. The predicted molar refractivity (Wildman–Crippen MR) is 90.2 cm³/mol. The first-order chi connectivity index (χ1) is 11.2. The maximum absolute atomic E-state index is 12.1. The number of carbonyl (C=O) groups is 1. The fraction of sp³-hybridized carbons (Fsp3) is 0.706. The van der Waals surface area contributed by atoms with Gasteiger partial charge in [-0.2, -0.15) is 0 Å². The van der Waals surface area contributed by atoms with Gasteiger partial charge in [-0.1, -0.05) is 12.2 Å². The fourth-order valence-corrected chi connectivity index (χ4v) is 2.68. The molecule has 0 spiro atoms. The highest BCUT2D eigenvalue weighted by molar-refractivity contribution is 5.76. The number of carbonyl (C=O) groups excluding carboxylic acids is 1.